The Hall–Kier alpha value is -1.48. The van der Waals surface area contributed by atoms with Gasteiger partial charge in [0.05, 0.1) is 0 Å². The second kappa shape index (κ2) is 7.95. The van der Waals surface area contributed by atoms with Crippen molar-refractivity contribution in [2.45, 2.75) is 58.8 Å². The highest BCUT2D eigenvalue weighted by Gasteiger charge is 2.10. The van der Waals surface area contributed by atoms with Gasteiger partial charge in [-0.05, 0) is 61.3 Å². The Morgan fingerprint density at radius 3 is 2.50 bits per heavy atom. The van der Waals surface area contributed by atoms with Crippen molar-refractivity contribution in [1.29, 1.82) is 0 Å². The molecule has 0 saturated carbocycles. The average Bonchev–Trinajstić information content (AvgIpc) is 2.52. The van der Waals surface area contributed by atoms with Crippen LogP contribution in [-0.4, -0.2) is 0 Å². The zero-order valence-corrected chi connectivity index (χ0v) is 12.9. The molecule has 0 nitrogen and oxygen atoms in total. The molecule has 1 unspecified atom stereocenters. The van der Waals surface area contributed by atoms with Gasteiger partial charge in [-0.25, -0.2) is 0 Å². The summed E-state index contributed by atoms with van der Waals surface area (Å²) < 4.78 is 0. The molecule has 0 amide bonds. The Bertz CT molecular complexity index is 493. The van der Waals surface area contributed by atoms with Gasteiger partial charge in [0.15, 0.2) is 0 Å². The fourth-order valence-electron chi connectivity index (χ4n) is 2.66. The number of hydrogen-bond acceptors (Lipinski definition) is 0. The maximum atomic E-state index is 3.36. The van der Waals surface area contributed by atoms with Crippen LogP contribution in [0.1, 0.15) is 63.5 Å². The monoisotopic (exact) mass is 266 g/mol. The molecule has 1 aliphatic carbocycles. The van der Waals surface area contributed by atoms with Crippen molar-refractivity contribution in [2.24, 2.45) is 5.92 Å². The smallest absolute Gasteiger partial charge is 0.0249 e. The second-order valence-corrected chi connectivity index (χ2v) is 5.83. The standard InChI is InChI=1S/C20H26/c1-3-5-6-18-11-13-20(14-12-18)16-15-19-9-7-17(4-2)8-10-19/h9,11-14,17H,3-8,10H2,1-2H3. The molecule has 20 heavy (non-hydrogen) atoms. The molecule has 0 heteroatoms. The molecule has 0 bridgehead atoms. The van der Waals surface area contributed by atoms with Gasteiger partial charge < -0.3 is 0 Å². The normalized spacial score (nSPS) is 18.1. The first kappa shape index (κ1) is 14.9. The quantitative estimate of drug-likeness (QED) is 0.630. The van der Waals surface area contributed by atoms with Crippen LogP contribution >= 0.6 is 0 Å². The molecule has 106 valence electrons. The van der Waals surface area contributed by atoms with Crippen molar-refractivity contribution in [2.75, 3.05) is 0 Å². The zero-order chi connectivity index (χ0) is 14.2. The van der Waals surface area contributed by atoms with E-state index in [1.165, 1.54) is 56.1 Å². The molecule has 0 radical (unpaired) electrons. The van der Waals surface area contributed by atoms with Gasteiger partial charge in [0.25, 0.3) is 0 Å². The molecular weight excluding hydrogens is 240 g/mol. The van der Waals surface area contributed by atoms with Gasteiger partial charge in [-0.3, -0.25) is 0 Å². The first-order valence-electron chi connectivity index (χ1n) is 8.11. The summed E-state index contributed by atoms with van der Waals surface area (Å²) >= 11 is 0. The third kappa shape index (κ3) is 4.57. The molecule has 1 atom stereocenters. The van der Waals surface area contributed by atoms with Gasteiger partial charge >= 0.3 is 0 Å². The van der Waals surface area contributed by atoms with Crippen LogP contribution in [0.3, 0.4) is 0 Å². The SMILES string of the molecule is CCCCc1ccc(C#CC2=CCC(CC)CC2)cc1. The van der Waals surface area contributed by atoms with E-state index in [1.807, 2.05) is 0 Å². The van der Waals surface area contributed by atoms with E-state index in [-0.39, 0.29) is 0 Å². The predicted octanol–water partition coefficient (Wildman–Crippen LogP) is 5.52. The first-order valence-corrected chi connectivity index (χ1v) is 8.11. The molecular formula is C20H26. The number of aryl methyl sites for hydroxylation is 1. The van der Waals surface area contributed by atoms with Crippen LogP contribution in [0.15, 0.2) is 35.9 Å². The lowest BCUT2D eigenvalue weighted by atomic mass is 9.88. The van der Waals surface area contributed by atoms with Gasteiger partial charge in [0.1, 0.15) is 0 Å². The van der Waals surface area contributed by atoms with Crippen molar-refractivity contribution in [1.82, 2.24) is 0 Å². The van der Waals surface area contributed by atoms with Crippen molar-refractivity contribution in [3.8, 4) is 11.8 Å². The third-order valence-corrected chi connectivity index (χ3v) is 4.24. The molecule has 0 heterocycles. The molecule has 0 fully saturated rings. The van der Waals surface area contributed by atoms with Crippen LogP contribution < -0.4 is 0 Å². The fourth-order valence-corrected chi connectivity index (χ4v) is 2.66. The minimum atomic E-state index is 0.887. The van der Waals surface area contributed by atoms with Gasteiger partial charge in [0, 0.05) is 5.56 Å². The maximum absolute atomic E-state index is 3.36. The second-order valence-electron chi connectivity index (χ2n) is 5.83. The third-order valence-electron chi connectivity index (χ3n) is 4.24. The number of allylic oxidation sites excluding steroid dienone is 2. The summed E-state index contributed by atoms with van der Waals surface area (Å²) in [6.07, 6.45) is 11.1. The van der Waals surface area contributed by atoms with Gasteiger partial charge in [-0.15, -0.1) is 0 Å². The molecule has 0 aromatic heterocycles. The number of rotatable bonds is 4. The Kier molecular flexibility index (Phi) is 5.93. The topological polar surface area (TPSA) is 0 Å². The number of benzene rings is 1. The van der Waals surface area contributed by atoms with Crippen LogP contribution in [0.2, 0.25) is 0 Å². The lowest BCUT2D eigenvalue weighted by Gasteiger charge is -2.17. The van der Waals surface area contributed by atoms with Gasteiger partial charge in [-0.1, -0.05) is 56.7 Å². The summed E-state index contributed by atoms with van der Waals surface area (Å²) in [5, 5.41) is 0. The van der Waals surface area contributed by atoms with Crippen molar-refractivity contribution < 1.29 is 0 Å². The molecule has 0 N–H and O–H groups in total. The van der Waals surface area contributed by atoms with E-state index in [0.717, 1.165) is 11.5 Å². The molecule has 2 rings (SSSR count). The number of hydrogen-bond donors (Lipinski definition) is 0. The minimum absolute atomic E-state index is 0.887. The van der Waals surface area contributed by atoms with Crippen LogP contribution in [0.5, 0.6) is 0 Å². The lowest BCUT2D eigenvalue weighted by Crippen LogP contribution is -2.03. The van der Waals surface area contributed by atoms with Crippen LogP contribution in [-0.2, 0) is 6.42 Å². The average molecular weight is 266 g/mol. The summed E-state index contributed by atoms with van der Waals surface area (Å²) in [5.41, 5.74) is 3.91. The Labute approximate surface area is 124 Å². The Morgan fingerprint density at radius 1 is 1.10 bits per heavy atom. The largest absolute Gasteiger partial charge is 0.0726 e. The lowest BCUT2D eigenvalue weighted by molar-refractivity contribution is 0.460. The first-order chi connectivity index (χ1) is 9.81. The van der Waals surface area contributed by atoms with Crippen molar-refractivity contribution >= 4 is 0 Å². The zero-order valence-electron chi connectivity index (χ0n) is 12.9. The van der Waals surface area contributed by atoms with Crippen molar-refractivity contribution in [3.63, 3.8) is 0 Å². The Balaban J connectivity index is 1.94. The summed E-state index contributed by atoms with van der Waals surface area (Å²) in [6.45, 7) is 4.52. The van der Waals surface area contributed by atoms with Crippen LogP contribution in [0.25, 0.3) is 0 Å². The highest BCUT2D eigenvalue weighted by Crippen LogP contribution is 2.25. The molecule has 1 aromatic carbocycles. The van der Waals surface area contributed by atoms with E-state index < -0.39 is 0 Å². The molecule has 1 aliphatic rings. The van der Waals surface area contributed by atoms with Crippen molar-refractivity contribution in [3.05, 3.63) is 47.0 Å². The highest BCUT2D eigenvalue weighted by molar-refractivity contribution is 5.42. The van der Waals surface area contributed by atoms with E-state index >= 15 is 0 Å². The van der Waals surface area contributed by atoms with E-state index in [9.17, 15) is 0 Å². The predicted molar refractivity (Wildman–Crippen MR) is 87.6 cm³/mol. The molecule has 0 aliphatic heterocycles. The number of unbranched alkanes of at least 4 members (excludes halogenated alkanes) is 1. The van der Waals surface area contributed by atoms with Gasteiger partial charge in [-0.2, -0.15) is 0 Å². The summed E-state index contributed by atoms with van der Waals surface area (Å²) in [6, 6.07) is 8.77. The summed E-state index contributed by atoms with van der Waals surface area (Å²) in [7, 11) is 0. The van der Waals surface area contributed by atoms with Gasteiger partial charge in [0.2, 0.25) is 0 Å². The van der Waals surface area contributed by atoms with E-state index in [2.05, 4.69) is 56.0 Å². The molecule has 0 spiro atoms. The van der Waals surface area contributed by atoms with E-state index in [1.54, 1.807) is 0 Å². The summed E-state index contributed by atoms with van der Waals surface area (Å²) in [4.78, 5) is 0. The van der Waals surface area contributed by atoms with Crippen LogP contribution in [0, 0.1) is 17.8 Å². The van der Waals surface area contributed by atoms with Crippen LogP contribution in [0.4, 0.5) is 0 Å². The highest BCUT2D eigenvalue weighted by atomic mass is 14.2. The molecule has 0 saturated heterocycles. The Morgan fingerprint density at radius 2 is 1.90 bits per heavy atom. The minimum Gasteiger partial charge on any atom is -0.0726 e. The van der Waals surface area contributed by atoms with E-state index in [4.69, 9.17) is 0 Å². The fraction of sp³-hybridized carbons (Fsp3) is 0.500. The maximum Gasteiger partial charge on any atom is 0.0249 e. The van der Waals surface area contributed by atoms with E-state index in [0.29, 0.717) is 0 Å². The summed E-state index contributed by atoms with van der Waals surface area (Å²) in [5.74, 6) is 7.56. The molecule has 1 aromatic rings.